The van der Waals surface area contributed by atoms with Gasteiger partial charge in [-0.15, -0.1) is 0 Å². The van der Waals surface area contributed by atoms with E-state index >= 15 is 0 Å². The number of anilines is 1. The highest BCUT2D eigenvalue weighted by Gasteiger charge is 2.44. The average Bonchev–Trinajstić information content (AvgIpc) is 3.02. The topological polar surface area (TPSA) is 181 Å². The zero-order valence-electron chi connectivity index (χ0n) is 15.4. The van der Waals surface area contributed by atoms with Crippen molar-refractivity contribution in [2.45, 2.75) is 24.5 Å². The van der Waals surface area contributed by atoms with Crippen LogP contribution in [0.3, 0.4) is 0 Å². The Labute approximate surface area is 177 Å². The van der Waals surface area contributed by atoms with Gasteiger partial charge < -0.3 is 25.4 Å². The van der Waals surface area contributed by atoms with E-state index in [0.29, 0.717) is 10.8 Å². The summed E-state index contributed by atoms with van der Waals surface area (Å²) in [5.41, 5.74) is -0.285. The van der Waals surface area contributed by atoms with E-state index in [2.05, 4.69) is 10.7 Å². The Bertz CT molecular complexity index is 1120. The minimum atomic E-state index is -1.69. The standard InChI is InChI=1S/C16H16FN5O8S/c17-9-5-20(14-12(25)11(24)10(6-23)30-14)16(27)21(13(9)26)19-15(31)18-7-1-3-8(4-2-7)22(28)29/h1-5,10-12,14,23-25H,6H2,(H2,18,19,31)/t10-,11-,12-,14-/m1/s1. The highest BCUT2D eigenvalue weighted by atomic mass is 32.1. The number of aromatic nitrogens is 2. The number of benzene rings is 1. The maximum atomic E-state index is 14.2. The molecule has 0 unspecified atom stereocenters. The number of aliphatic hydroxyl groups is 3. The van der Waals surface area contributed by atoms with Crippen LogP contribution in [0.15, 0.2) is 40.1 Å². The van der Waals surface area contributed by atoms with Crippen LogP contribution in [-0.2, 0) is 4.74 Å². The molecule has 1 aliphatic heterocycles. The van der Waals surface area contributed by atoms with Gasteiger partial charge in [0.2, 0.25) is 5.82 Å². The monoisotopic (exact) mass is 457 g/mol. The first kappa shape index (κ1) is 22.4. The molecule has 0 bridgehead atoms. The third kappa shape index (κ3) is 4.44. The van der Waals surface area contributed by atoms with Crippen molar-refractivity contribution >= 4 is 28.7 Å². The predicted octanol–water partition coefficient (Wildman–Crippen LogP) is -1.39. The lowest BCUT2D eigenvalue weighted by molar-refractivity contribution is -0.384. The van der Waals surface area contributed by atoms with Gasteiger partial charge in [0.1, 0.15) is 18.3 Å². The summed E-state index contributed by atoms with van der Waals surface area (Å²) in [6.07, 6.45) is -5.56. The molecule has 166 valence electrons. The molecular weight excluding hydrogens is 441 g/mol. The van der Waals surface area contributed by atoms with E-state index in [-0.39, 0.29) is 21.2 Å². The molecule has 3 rings (SSSR count). The van der Waals surface area contributed by atoms with Gasteiger partial charge in [0.05, 0.1) is 17.7 Å². The fourth-order valence-electron chi connectivity index (χ4n) is 2.86. The number of nitro groups is 1. The number of nitrogens with zero attached hydrogens (tertiary/aromatic N) is 3. The van der Waals surface area contributed by atoms with E-state index in [1.165, 1.54) is 24.3 Å². The van der Waals surface area contributed by atoms with E-state index in [0.717, 1.165) is 0 Å². The summed E-state index contributed by atoms with van der Waals surface area (Å²) >= 11 is 4.98. The van der Waals surface area contributed by atoms with Gasteiger partial charge in [0.15, 0.2) is 11.3 Å². The summed E-state index contributed by atoms with van der Waals surface area (Å²) in [6.45, 7) is -0.674. The van der Waals surface area contributed by atoms with E-state index in [1.807, 2.05) is 0 Å². The first-order valence-corrected chi connectivity index (χ1v) is 9.03. The van der Waals surface area contributed by atoms with Crippen molar-refractivity contribution in [3.63, 3.8) is 0 Å². The van der Waals surface area contributed by atoms with Gasteiger partial charge in [-0.1, -0.05) is 0 Å². The number of aliphatic hydroxyl groups excluding tert-OH is 3. The fourth-order valence-corrected chi connectivity index (χ4v) is 3.07. The molecule has 1 aromatic heterocycles. The fraction of sp³-hybridized carbons (Fsp3) is 0.312. The van der Waals surface area contributed by atoms with Crippen molar-refractivity contribution in [1.29, 1.82) is 0 Å². The van der Waals surface area contributed by atoms with Gasteiger partial charge in [-0.05, 0) is 24.4 Å². The third-order valence-electron chi connectivity index (χ3n) is 4.41. The molecular formula is C16H16FN5O8S. The Morgan fingerprint density at radius 1 is 1.26 bits per heavy atom. The number of hydrogen-bond donors (Lipinski definition) is 5. The van der Waals surface area contributed by atoms with Gasteiger partial charge in [-0.3, -0.25) is 24.9 Å². The SMILES string of the molecule is O=c1c(F)cn([C@@H]2O[C@H](CO)[C@@H](O)[C@H]2O)c(=O)n1NC(=S)Nc1ccc([N+](=O)[O-])cc1. The van der Waals surface area contributed by atoms with Crippen LogP contribution in [0, 0.1) is 15.9 Å². The minimum absolute atomic E-state index is 0.174. The maximum absolute atomic E-state index is 14.2. The van der Waals surface area contributed by atoms with Crippen LogP contribution in [-0.4, -0.2) is 59.5 Å². The number of ether oxygens (including phenoxy) is 1. The second kappa shape index (κ2) is 8.86. The van der Waals surface area contributed by atoms with Crippen LogP contribution in [0.4, 0.5) is 15.8 Å². The molecule has 0 aliphatic carbocycles. The van der Waals surface area contributed by atoms with Crippen LogP contribution in [0.25, 0.3) is 0 Å². The lowest BCUT2D eigenvalue weighted by Crippen LogP contribution is -2.50. The van der Waals surface area contributed by atoms with E-state index in [9.17, 15) is 34.3 Å². The van der Waals surface area contributed by atoms with E-state index in [1.54, 1.807) is 0 Å². The number of non-ortho nitro benzene ring substituents is 1. The molecule has 0 radical (unpaired) electrons. The molecule has 1 aliphatic rings. The number of nitro benzene ring substituents is 1. The molecule has 1 fully saturated rings. The summed E-state index contributed by atoms with van der Waals surface area (Å²) < 4.78 is 20.1. The summed E-state index contributed by atoms with van der Waals surface area (Å²) in [4.78, 5) is 34.9. The third-order valence-corrected chi connectivity index (χ3v) is 4.61. The normalized spacial score (nSPS) is 22.8. The van der Waals surface area contributed by atoms with Crippen LogP contribution in [0.5, 0.6) is 0 Å². The van der Waals surface area contributed by atoms with E-state index < -0.39 is 53.1 Å². The predicted molar refractivity (Wildman–Crippen MR) is 107 cm³/mol. The van der Waals surface area contributed by atoms with Crippen LogP contribution in [0.1, 0.15) is 6.23 Å². The van der Waals surface area contributed by atoms with Crippen LogP contribution >= 0.6 is 12.2 Å². The zero-order valence-corrected chi connectivity index (χ0v) is 16.2. The highest BCUT2D eigenvalue weighted by molar-refractivity contribution is 7.80. The number of halogens is 1. The van der Waals surface area contributed by atoms with Crippen LogP contribution < -0.4 is 22.0 Å². The van der Waals surface area contributed by atoms with Gasteiger partial charge in [0, 0.05) is 17.8 Å². The number of hydrogen-bond acceptors (Lipinski definition) is 9. The van der Waals surface area contributed by atoms with Crippen molar-refractivity contribution in [2.75, 3.05) is 17.3 Å². The molecule has 13 nitrogen and oxygen atoms in total. The van der Waals surface area contributed by atoms with Gasteiger partial charge >= 0.3 is 11.2 Å². The Morgan fingerprint density at radius 3 is 2.45 bits per heavy atom. The van der Waals surface area contributed by atoms with Crippen LogP contribution in [0.2, 0.25) is 0 Å². The lowest BCUT2D eigenvalue weighted by atomic mass is 10.1. The summed E-state index contributed by atoms with van der Waals surface area (Å²) in [6, 6.07) is 5.01. The molecule has 5 N–H and O–H groups in total. The first-order valence-electron chi connectivity index (χ1n) is 8.62. The van der Waals surface area contributed by atoms with Crippen molar-refractivity contribution in [2.24, 2.45) is 0 Å². The quantitative estimate of drug-likeness (QED) is 0.203. The van der Waals surface area contributed by atoms with Gasteiger partial charge in [0.25, 0.3) is 5.69 Å². The first-order chi connectivity index (χ1) is 14.6. The molecule has 0 amide bonds. The van der Waals surface area contributed by atoms with Gasteiger partial charge in [-0.25, -0.2) is 4.79 Å². The second-order valence-corrected chi connectivity index (χ2v) is 6.81. The van der Waals surface area contributed by atoms with E-state index in [4.69, 9.17) is 22.1 Å². The largest absolute Gasteiger partial charge is 0.394 e. The van der Waals surface area contributed by atoms with Crippen molar-refractivity contribution in [1.82, 2.24) is 9.24 Å². The number of rotatable bonds is 5. The molecule has 31 heavy (non-hydrogen) atoms. The molecule has 0 spiro atoms. The Morgan fingerprint density at radius 2 is 1.90 bits per heavy atom. The summed E-state index contributed by atoms with van der Waals surface area (Å²) in [7, 11) is 0. The average molecular weight is 457 g/mol. The Kier molecular flexibility index (Phi) is 6.42. The molecule has 2 aromatic rings. The smallest absolute Gasteiger partial charge is 0.352 e. The lowest BCUT2D eigenvalue weighted by Gasteiger charge is -2.19. The van der Waals surface area contributed by atoms with Crippen molar-refractivity contribution in [3.05, 3.63) is 67.2 Å². The molecule has 0 saturated carbocycles. The molecule has 1 saturated heterocycles. The van der Waals surface area contributed by atoms with Gasteiger partial charge in [-0.2, -0.15) is 9.07 Å². The molecule has 1 aromatic carbocycles. The molecule has 4 atom stereocenters. The number of nitrogens with one attached hydrogen (secondary N) is 2. The highest BCUT2D eigenvalue weighted by Crippen LogP contribution is 2.28. The van der Waals surface area contributed by atoms with Crippen molar-refractivity contribution in [3.8, 4) is 0 Å². The summed E-state index contributed by atoms with van der Waals surface area (Å²) in [5, 5.41) is 42.0. The number of thiocarbonyl (C=S) groups is 1. The zero-order chi connectivity index (χ0) is 22.9. The summed E-state index contributed by atoms with van der Waals surface area (Å²) in [5.74, 6) is -1.40. The van der Waals surface area contributed by atoms with Crippen molar-refractivity contribution < 1.29 is 29.4 Å². The Hall–Kier alpha value is -3.24. The molecule has 15 heteroatoms. The minimum Gasteiger partial charge on any atom is -0.394 e. The Balaban J connectivity index is 1.86. The maximum Gasteiger partial charge on any atom is 0.352 e. The second-order valence-electron chi connectivity index (χ2n) is 6.41. The molecule has 2 heterocycles.